The monoisotopic (exact) mass is 407 g/mol. The molecule has 2 atom stereocenters. The number of hydrogen-bond donors (Lipinski definition) is 2. The molecule has 1 heterocycles. The van der Waals surface area contributed by atoms with Gasteiger partial charge in [0.05, 0.1) is 0 Å². The van der Waals surface area contributed by atoms with Gasteiger partial charge in [0, 0.05) is 17.0 Å². The predicted octanol–water partition coefficient (Wildman–Crippen LogP) is 2.75. The van der Waals surface area contributed by atoms with Crippen molar-refractivity contribution in [1.29, 1.82) is 0 Å². The lowest BCUT2D eigenvalue weighted by Crippen LogP contribution is -2.46. The van der Waals surface area contributed by atoms with Crippen LogP contribution in [0.25, 0.3) is 11.0 Å². The molecule has 0 aliphatic heterocycles. The molecule has 8 heteroatoms. The van der Waals surface area contributed by atoms with E-state index in [1.165, 1.54) is 17.8 Å². The molecule has 7 nitrogen and oxygen atoms in total. The highest BCUT2D eigenvalue weighted by Crippen LogP contribution is 2.29. The van der Waals surface area contributed by atoms with E-state index in [9.17, 15) is 19.5 Å². The number of carboxylic acid groups (broad SMARTS) is 1. The number of fused-ring (bicyclic) bond motifs is 1. The number of hydrogen-bond acceptors (Lipinski definition) is 6. The molecule has 152 valence electrons. The van der Waals surface area contributed by atoms with Crippen molar-refractivity contribution in [3.63, 3.8) is 0 Å². The van der Waals surface area contributed by atoms with E-state index < -0.39 is 29.6 Å². The van der Waals surface area contributed by atoms with Crippen LogP contribution in [-0.2, 0) is 16.0 Å². The third kappa shape index (κ3) is 5.07. The standard InChI is InChI=1S/C20H25NO6S/c1-5-13-10-17(22)27-18-11(2)16(7-6-14(13)18)26-12(3)19(23)21-15(20(24)25)8-9-28-4/h6-7,10,12,15H,5,8-9H2,1-4H3,(H,21,23)(H,24,25). The van der Waals surface area contributed by atoms with Crippen LogP contribution < -0.4 is 15.7 Å². The lowest BCUT2D eigenvalue weighted by Gasteiger charge is -2.20. The Bertz CT molecular complexity index is 923. The molecule has 1 aromatic carbocycles. The van der Waals surface area contributed by atoms with Crippen LogP contribution in [0.1, 0.15) is 31.4 Å². The molecule has 2 rings (SSSR count). The van der Waals surface area contributed by atoms with Crippen LogP contribution in [0, 0.1) is 6.92 Å². The summed E-state index contributed by atoms with van der Waals surface area (Å²) in [7, 11) is 0. The first kappa shape index (κ1) is 21.8. The van der Waals surface area contributed by atoms with Gasteiger partial charge in [0.25, 0.3) is 5.91 Å². The number of benzene rings is 1. The zero-order valence-corrected chi connectivity index (χ0v) is 17.2. The number of nitrogens with one attached hydrogen (secondary N) is 1. The van der Waals surface area contributed by atoms with E-state index in [1.807, 2.05) is 13.2 Å². The van der Waals surface area contributed by atoms with Crippen molar-refractivity contribution < 1.29 is 23.8 Å². The van der Waals surface area contributed by atoms with Gasteiger partial charge in [-0.05, 0) is 56.4 Å². The Morgan fingerprint density at radius 3 is 2.68 bits per heavy atom. The molecule has 1 aromatic heterocycles. The van der Waals surface area contributed by atoms with E-state index in [-0.39, 0.29) is 0 Å². The van der Waals surface area contributed by atoms with Gasteiger partial charge in [-0.2, -0.15) is 11.8 Å². The average molecular weight is 407 g/mol. The fraction of sp³-hybridized carbons (Fsp3) is 0.450. The molecule has 0 fully saturated rings. The Labute approximate surface area is 167 Å². The van der Waals surface area contributed by atoms with E-state index in [2.05, 4.69) is 5.32 Å². The fourth-order valence-corrected chi connectivity index (χ4v) is 3.33. The van der Waals surface area contributed by atoms with E-state index in [1.54, 1.807) is 26.0 Å². The highest BCUT2D eigenvalue weighted by molar-refractivity contribution is 7.98. The van der Waals surface area contributed by atoms with Crippen molar-refractivity contribution in [3.8, 4) is 5.75 Å². The average Bonchev–Trinajstić information content (AvgIpc) is 2.66. The molecule has 0 bridgehead atoms. The summed E-state index contributed by atoms with van der Waals surface area (Å²) in [6.07, 6.45) is 1.98. The Kier molecular flexibility index (Phi) is 7.51. The van der Waals surface area contributed by atoms with Crippen molar-refractivity contribution in [2.24, 2.45) is 0 Å². The second kappa shape index (κ2) is 9.64. The summed E-state index contributed by atoms with van der Waals surface area (Å²) in [5.74, 6) is -0.570. The van der Waals surface area contributed by atoms with E-state index >= 15 is 0 Å². The molecule has 28 heavy (non-hydrogen) atoms. The van der Waals surface area contributed by atoms with Crippen LogP contribution in [0.15, 0.2) is 27.4 Å². The molecule has 2 aromatic rings. The van der Waals surface area contributed by atoms with Gasteiger partial charge >= 0.3 is 11.6 Å². The molecule has 1 amide bonds. The van der Waals surface area contributed by atoms with Crippen molar-refractivity contribution >= 4 is 34.6 Å². The molecule has 2 N–H and O–H groups in total. The predicted molar refractivity (Wildman–Crippen MR) is 109 cm³/mol. The van der Waals surface area contributed by atoms with Crippen LogP contribution in [-0.4, -0.2) is 41.1 Å². The zero-order chi connectivity index (χ0) is 20.8. The van der Waals surface area contributed by atoms with Crippen molar-refractivity contribution in [1.82, 2.24) is 5.32 Å². The number of ether oxygens (including phenoxy) is 1. The molecule has 2 unspecified atom stereocenters. The lowest BCUT2D eigenvalue weighted by atomic mass is 10.0. The highest BCUT2D eigenvalue weighted by Gasteiger charge is 2.24. The molecule has 0 aliphatic rings. The summed E-state index contributed by atoms with van der Waals surface area (Å²) in [5.41, 5.74) is 1.48. The van der Waals surface area contributed by atoms with Gasteiger partial charge in [-0.25, -0.2) is 9.59 Å². The quantitative estimate of drug-likeness (QED) is 0.616. The molecular weight excluding hydrogens is 382 g/mol. The number of thioether (sulfide) groups is 1. The van der Waals surface area contributed by atoms with Gasteiger partial charge in [-0.1, -0.05) is 6.92 Å². The molecular formula is C20H25NO6S. The number of rotatable bonds is 9. The zero-order valence-electron chi connectivity index (χ0n) is 16.4. The number of amides is 1. The van der Waals surface area contributed by atoms with Crippen LogP contribution in [0.4, 0.5) is 0 Å². The third-order valence-corrected chi connectivity index (χ3v) is 5.12. The van der Waals surface area contributed by atoms with Gasteiger partial charge in [-0.15, -0.1) is 0 Å². The maximum atomic E-state index is 12.4. The Hall–Kier alpha value is -2.48. The summed E-state index contributed by atoms with van der Waals surface area (Å²) in [5, 5.41) is 12.6. The van der Waals surface area contributed by atoms with E-state index in [0.29, 0.717) is 35.5 Å². The van der Waals surface area contributed by atoms with Crippen molar-refractivity contribution in [2.45, 2.75) is 45.8 Å². The summed E-state index contributed by atoms with van der Waals surface area (Å²) < 4.78 is 11.1. The van der Waals surface area contributed by atoms with Gasteiger partial charge < -0.3 is 19.6 Å². The molecule has 0 radical (unpaired) electrons. The second-order valence-corrected chi connectivity index (χ2v) is 7.44. The van der Waals surface area contributed by atoms with Crippen molar-refractivity contribution in [3.05, 3.63) is 39.7 Å². The minimum atomic E-state index is -1.08. The normalized spacial score (nSPS) is 13.1. The minimum absolute atomic E-state index is 0.328. The fourth-order valence-electron chi connectivity index (χ4n) is 2.85. The lowest BCUT2D eigenvalue weighted by molar-refractivity contribution is -0.142. The van der Waals surface area contributed by atoms with Crippen LogP contribution in [0.3, 0.4) is 0 Å². The number of carboxylic acids is 1. The maximum absolute atomic E-state index is 12.4. The summed E-state index contributed by atoms with van der Waals surface area (Å²) >= 11 is 1.51. The van der Waals surface area contributed by atoms with Crippen LogP contribution in [0.2, 0.25) is 0 Å². The number of carbonyl (C=O) groups excluding carboxylic acids is 1. The summed E-state index contributed by atoms with van der Waals surface area (Å²) in [6.45, 7) is 5.25. The van der Waals surface area contributed by atoms with E-state index in [0.717, 1.165) is 10.9 Å². The summed E-state index contributed by atoms with van der Waals surface area (Å²) in [4.78, 5) is 35.5. The number of carbonyl (C=O) groups is 2. The minimum Gasteiger partial charge on any atom is -0.480 e. The Morgan fingerprint density at radius 2 is 2.07 bits per heavy atom. The molecule has 0 saturated carbocycles. The largest absolute Gasteiger partial charge is 0.480 e. The van der Waals surface area contributed by atoms with Gasteiger partial charge in [0.1, 0.15) is 17.4 Å². The topological polar surface area (TPSA) is 106 Å². The smallest absolute Gasteiger partial charge is 0.336 e. The van der Waals surface area contributed by atoms with Gasteiger partial charge in [0.2, 0.25) is 0 Å². The van der Waals surface area contributed by atoms with E-state index in [4.69, 9.17) is 9.15 Å². The van der Waals surface area contributed by atoms with Gasteiger partial charge in [-0.3, -0.25) is 4.79 Å². The Morgan fingerprint density at radius 1 is 1.36 bits per heavy atom. The van der Waals surface area contributed by atoms with Crippen LogP contribution in [0.5, 0.6) is 5.75 Å². The first-order valence-electron chi connectivity index (χ1n) is 9.03. The first-order chi connectivity index (χ1) is 13.3. The maximum Gasteiger partial charge on any atom is 0.336 e. The number of aryl methyl sites for hydroxylation is 2. The first-order valence-corrected chi connectivity index (χ1v) is 10.4. The SMILES string of the molecule is CCc1cc(=O)oc2c(C)c(OC(C)C(=O)NC(CCSC)C(=O)O)ccc12. The molecule has 0 saturated heterocycles. The van der Waals surface area contributed by atoms with Crippen LogP contribution >= 0.6 is 11.8 Å². The number of aliphatic carboxylic acids is 1. The Balaban J connectivity index is 2.21. The second-order valence-electron chi connectivity index (χ2n) is 6.45. The molecule has 0 aliphatic carbocycles. The highest BCUT2D eigenvalue weighted by atomic mass is 32.2. The third-order valence-electron chi connectivity index (χ3n) is 4.48. The van der Waals surface area contributed by atoms with Gasteiger partial charge in [0.15, 0.2) is 6.10 Å². The van der Waals surface area contributed by atoms with Crippen molar-refractivity contribution in [2.75, 3.05) is 12.0 Å². The molecule has 0 spiro atoms. The summed E-state index contributed by atoms with van der Waals surface area (Å²) in [6, 6.07) is 4.03.